The van der Waals surface area contributed by atoms with Gasteiger partial charge < -0.3 is 16.0 Å². The van der Waals surface area contributed by atoms with Crippen molar-refractivity contribution >= 4 is 23.5 Å². The molecule has 1 atom stereocenters. The number of carbonyl (C=O) groups is 2. The fraction of sp³-hybridized carbons (Fsp3) is 0.294. The molecule has 2 heterocycles. The molecule has 0 unspecified atom stereocenters. The molecule has 8 nitrogen and oxygen atoms in total. The summed E-state index contributed by atoms with van der Waals surface area (Å²) in [5.74, 6) is -1.54. The molecule has 1 aliphatic heterocycles. The average Bonchev–Trinajstić information content (AvgIpc) is 2.57. The maximum absolute atomic E-state index is 13.5. The van der Waals surface area contributed by atoms with E-state index in [2.05, 4.69) is 25.9 Å². The number of rotatable bonds is 5. The lowest BCUT2D eigenvalue weighted by molar-refractivity contribution is -0.126. The lowest BCUT2D eigenvalue weighted by Gasteiger charge is -2.25. The Kier molecular flexibility index (Phi) is 4.97. The number of hydrogen-bond acceptors (Lipinski definition) is 5. The zero-order valence-corrected chi connectivity index (χ0v) is 14.1. The normalized spacial score (nSPS) is 15.8. The molecule has 0 saturated carbocycles. The summed E-state index contributed by atoms with van der Waals surface area (Å²) in [5, 5.41) is 8.24. The van der Waals surface area contributed by atoms with E-state index in [0.29, 0.717) is 29.4 Å². The minimum absolute atomic E-state index is 0.0392. The van der Waals surface area contributed by atoms with Crippen LogP contribution in [-0.4, -0.2) is 34.9 Å². The highest BCUT2D eigenvalue weighted by Crippen LogP contribution is 2.32. The first-order valence-corrected chi connectivity index (χ1v) is 8.11. The van der Waals surface area contributed by atoms with Gasteiger partial charge in [0.2, 0.25) is 17.8 Å². The third-order valence-electron chi connectivity index (χ3n) is 3.96. The molecule has 1 aromatic carbocycles. The number of benzene rings is 1. The first-order valence-electron chi connectivity index (χ1n) is 8.11. The molecule has 4 N–H and O–H groups in total. The molecule has 3 rings (SSSR count). The Morgan fingerprint density at radius 3 is 2.88 bits per heavy atom. The van der Waals surface area contributed by atoms with E-state index in [4.69, 9.17) is 0 Å². The third-order valence-corrected chi connectivity index (χ3v) is 3.96. The molecule has 26 heavy (non-hydrogen) atoms. The van der Waals surface area contributed by atoms with Gasteiger partial charge in [-0.1, -0.05) is 0 Å². The van der Waals surface area contributed by atoms with Crippen molar-refractivity contribution in [2.24, 2.45) is 0 Å². The van der Waals surface area contributed by atoms with Gasteiger partial charge in [0.1, 0.15) is 5.82 Å². The molecular weight excluding hydrogens is 341 g/mol. The number of nitrogens with one attached hydrogen (secondary N) is 4. The van der Waals surface area contributed by atoms with E-state index in [1.807, 2.05) is 0 Å². The van der Waals surface area contributed by atoms with Crippen LogP contribution in [0, 0.1) is 12.7 Å². The van der Waals surface area contributed by atoms with Gasteiger partial charge in [0.05, 0.1) is 5.92 Å². The van der Waals surface area contributed by atoms with Crippen LogP contribution in [-0.2, 0) is 9.59 Å². The van der Waals surface area contributed by atoms with Crippen LogP contribution < -0.4 is 21.5 Å². The third kappa shape index (κ3) is 4.05. The number of aromatic amines is 1. The van der Waals surface area contributed by atoms with Crippen molar-refractivity contribution in [3.05, 3.63) is 51.7 Å². The molecule has 0 fully saturated rings. The number of halogens is 1. The monoisotopic (exact) mass is 359 g/mol. The largest absolute Gasteiger partial charge is 0.354 e. The highest BCUT2D eigenvalue weighted by Gasteiger charge is 2.30. The van der Waals surface area contributed by atoms with Crippen molar-refractivity contribution < 1.29 is 14.0 Å². The van der Waals surface area contributed by atoms with Crippen LogP contribution >= 0.6 is 0 Å². The number of carbonyl (C=O) groups excluding carboxylic acids is 2. The zero-order chi connectivity index (χ0) is 18.7. The molecule has 1 aromatic heterocycles. The highest BCUT2D eigenvalue weighted by atomic mass is 19.1. The SMILES string of the molecule is Cc1cc(=O)[nH]c(NCCNC(=O)[C@H]2CC(=O)Nc3ccc(F)cc32)n1. The molecule has 2 aromatic rings. The smallest absolute Gasteiger partial charge is 0.252 e. The van der Waals surface area contributed by atoms with Gasteiger partial charge in [-0.05, 0) is 30.7 Å². The van der Waals surface area contributed by atoms with E-state index < -0.39 is 11.7 Å². The van der Waals surface area contributed by atoms with Crippen LogP contribution in [0.5, 0.6) is 0 Å². The first kappa shape index (κ1) is 17.6. The molecule has 136 valence electrons. The lowest BCUT2D eigenvalue weighted by atomic mass is 9.89. The predicted molar refractivity (Wildman–Crippen MR) is 93.5 cm³/mol. The van der Waals surface area contributed by atoms with E-state index >= 15 is 0 Å². The van der Waals surface area contributed by atoms with Crippen molar-refractivity contribution in [2.45, 2.75) is 19.3 Å². The molecule has 1 aliphatic rings. The number of hydrogen-bond donors (Lipinski definition) is 4. The van der Waals surface area contributed by atoms with Gasteiger partial charge in [-0.3, -0.25) is 19.4 Å². The van der Waals surface area contributed by atoms with Gasteiger partial charge in [0, 0.05) is 37.0 Å². The van der Waals surface area contributed by atoms with Gasteiger partial charge in [-0.2, -0.15) is 0 Å². The minimum Gasteiger partial charge on any atom is -0.354 e. The maximum Gasteiger partial charge on any atom is 0.252 e. The van der Waals surface area contributed by atoms with Gasteiger partial charge in [0.15, 0.2) is 0 Å². The first-order chi connectivity index (χ1) is 12.4. The summed E-state index contributed by atoms with van der Waals surface area (Å²) < 4.78 is 13.5. The molecule has 0 bridgehead atoms. The van der Waals surface area contributed by atoms with Crippen LogP contribution in [0.4, 0.5) is 16.0 Å². The van der Waals surface area contributed by atoms with Crippen molar-refractivity contribution in [1.29, 1.82) is 0 Å². The van der Waals surface area contributed by atoms with Crippen LogP contribution in [0.1, 0.15) is 23.6 Å². The summed E-state index contributed by atoms with van der Waals surface area (Å²) in [6, 6.07) is 5.32. The van der Waals surface area contributed by atoms with Gasteiger partial charge in [0.25, 0.3) is 5.56 Å². The Morgan fingerprint density at radius 2 is 2.12 bits per heavy atom. The van der Waals surface area contributed by atoms with Crippen molar-refractivity contribution in [3.8, 4) is 0 Å². The maximum atomic E-state index is 13.5. The van der Waals surface area contributed by atoms with Crippen molar-refractivity contribution in [1.82, 2.24) is 15.3 Å². The number of anilines is 2. The Morgan fingerprint density at radius 1 is 1.31 bits per heavy atom. The standard InChI is InChI=1S/C17H18FN5O3/c1-9-6-14(24)23-17(21-9)20-5-4-19-16(26)12-8-15(25)22-13-3-2-10(18)7-11(12)13/h2-3,6-7,12H,4-5,8H2,1H3,(H,19,26)(H,22,25)(H2,20,21,23,24)/t12-/m0/s1. The van der Waals surface area contributed by atoms with Crippen LogP contribution in [0.15, 0.2) is 29.1 Å². The van der Waals surface area contributed by atoms with E-state index in [1.165, 1.54) is 24.3 Å². The molecule has 9 heteroatoms. The van der Waals surface area contributed by atoms with E-state index in [0.717, 1.165) is 0 Å². The number of amides is 2. The fourth-order valence-corrected chi connectivity index (χ4v) is 2.82. The second kappa shape index (κ2) is 7.34. The summed E-state index contributed by atoms with van der Waals surface area (Å²) in [7, 11) is 0. The van der Waals surface area contributed by atoms with Crippen molar-refractivity contribution in [2.75, 3.05) is 23.7 Å². The Balaban J connectivity index is 1.59. The number of H-pyrrole nitrogens is 1. The molecule has 0 radical (unpaired) electrons. The van der Waals surface area contributed by atoms with E-state index in [-0.39, 0.29) is 30.3 Å². The molecular formula is C17H18FN5O3. The topological polar surface area (TPSA) is 116 Å². The predicted octanol–water partition coefficient (Wildman–Crippen LogP) is 0.872. The summed E-state index contributed by atoms with van der Waals surface area (Å²) >= 11 is 0. The van der Waals surface area contributed by atoms with E-state index in [9.17, 15) is 18.8 Å². The van der Waals surface area contributed by atoms with Crippen LogP contribution in [0.25, 0.3) is 0 Å². The second-order valence-electron chi connectivity index (χ2n) is 5.99. The Labute approximate surface area is 148 Å². The zero-order valence-electron chi connectivity index (χ0n) is 14.1. The number of aryl methyl sites for hydroxylation is 1. The number of aromatic nitrogens is 2. The molecule has 0 spiro atoms. The lowest BCUT2D eigenvalue weighted by Crippen LogP contribution is -2.37. The summed E-state index contributed by atoms with van der Waals surface area (Å²) in [5.41, 5.74) is 1.21. The minimum atomic E-state index is -0.744. The summed E-state index contributed by atoms with van der Waals surface area (Å²) in [6.07, 6.45) is -0.0392. The van der Waals surface area contributed by atoms with Crippen LogP contribution in [0.3, 0.4) is 0 Å². The number of fused-ring (bicyclic) bond motifs is 1. The molecule has 2 amide bonds. The second-order valence-corrected chi connectivity index (χ2v) is 5.99. The number of nitrogens with zero attached hydrogens (tertiary/aromatic N) is 1. The summed E-state index contributed by atoms with van der Waals surface area (Å²) in [6.45, 7) is 2.28. The van der Waals surface area contributed by atoms with Gasteiger partial charge >= 0.3 is 0 Å². The molecule has 0 aliphatic carbocycles. The van der Waals surface area contributed by atoms with Gasteiger partial charge in [-0.15, -0.1) is 0 Å². The van der Waals surface area contributed by atoms with Crippen molar-refractivity contribution in [3.63, 3.8) is 0 Å². The Bertz CT molecular complexity index is 912. The van der Waals surface area contributed by atoms with E-state index in [1.54, 1.807) is 6.92 Å². The summed E-state index contributed by atoms with van der Waals surface area (Å²) in [4.78, 5) is 42.2. The van der Waals surface area contributed by atoms with Gasteiger partial charge in [-0.25, -0.2) is 9.37 Å². The highest BCUT2D eigenvalue weighted by molar-refractivity contribution is 6.01. The average molecular weight is 359 g/mol. The van der Waals surface area contributed by atoms with Crippen LogP contribution in [0.2, 0.25) is 0 Å². The quantitative estimate of drug-likeness (QED) is 0.591. The Hall–Kier alpha value is -3.23. The molecule has 0 saturated heterocycles. The fourth-order valence-electron chi connectivity index (χ4n) is 2.82.